The first-order chi connectivity index (χ1) is 12.0. The molecule has 25 heavy (non-hydrogen) atoms. The van der Waals surface area contributed by atoms with Gasteiger partial charge in [0, 0.05) is 30.2 Å². The Morgan fingerprint density at radius 2 is 2.00 bits per heavy atom. The molecule has 0 spiro atoms. The number of nitrogens with one attached hydrogen (secondary N) is 1. The maximum Gasteiger partial charge on any atom is 0.250 e. The Labute approximate surface area is 153 Å². The number of methoxy groups -OCH3 is 1. The number of hydrogen-bond donors (Lipinski definition) is 1. The van der Waals surface area contributed by atoms with E-state index in [2.05, 4.69) is 9.62 Å². The quantitative estimate of drug-likeness (QED) is 0.802. The molecule has 1 unspecified atom stereocenters. The van der Waals surface area contributed by atoms with E-state index in [0.29, 0.717) is 16.7 Å². The standard InChI is InChI=1S/C18H24N2O3S2/c1-3-17-8-9-18(24-17)25(21,22)19-12-14-10-11-20(13-14)15-4-6-16(23-2)7-5-15/h4-9,14,19H,3,10-13H2,1-2H3. The van der Waals surface area contributed by atoms with Gasteiger partial charge in [0.05, 0.1) is 7.11 Å². The Bertz CT molecular complexity index is 800. The van der Waals surface area contributed by atoms with Crippen LogP contribution in [0.15, 0.2) is 40.6 Å². The van der Waals surface area contributed by atoms with Gasteiger partial charge in [-0.2, -0.15) is 0 Å². The second kappa shape index (κ2) is 7.76. The number of ether oxygens (including phenoxy) is 1. The highest BCUT2D eigenvalue weighted by Crippen LogP contribution is 2.26. The van der Waals surface area contributed by atoms with Crippen LogP contribution in [0.3, 0.4) is 0 Å². The Balaban J connectivity index is 1.55. The van der Waals surface area contributed by atoms with Crippen LogP contribution in [0.5, 0.6) is 5.75 Å². The van der Waals surface area contributed by atoms with Crippen molar-refractivity contribution in [3.8, 4) is 5.75 Å². The van der Waals surface area contributed by atoms with Gasteiger partial charge in [0.2, 0.25) is 10.0 Å². The van der Waals surface area contributed by atoms with Crippen LogP contribution in [0.25, 0.3) is 0 Å². The lowest BCUT2D eigenvalue weighted by Gasteiger charge is -2.19. The predicted molar refractivity (Wildman–Crippen MR) is 102 cm³/mol. The smallest absolute Gasteiger partial charge is 0.250 e. The second-order valence-corrected chi connectivity index (χ2v) is 9.39. The Hall–Kier alpha value is -1.57. The summed E-state index contributed by atoms with van der Waals surface area (Å²) in [4.78, 5) is 3.38. The molecule has 0 aliphatic carbocycles. The Kier molecular flexibility index (Phi) is 5.66. The van der Waals surface area contributed by atoms with Gasteiger partial charge in [-0.3, -0.25) is 0 Å². The van der Waals surface area contributed by atoms with Crippen molar-refractivity contribution in [1.82, 2.24) is 4.72 Å². The molecule has 0 amide bonds. The van der Waals surface area contributed by atoms with Crippen molar-refractivity contribution in [2.24, 2.45) is 5.92 Å². The molecule has 2 aromatic rings. The van der Waals surface area contributed by atoms with E-state index in [1.54, 1.807) is 13.2 Å². The van der Waals surface area contributed by atoms with Crippen molar-refractivity contribution in [2.75, 3.05) is 31.6 Å². The van der Waals surface area contributed by atoms with Gasteiger partial charge in [-0.1, -0.05) is 6.92 Å². The van der Waals surface area contributed by atoms with E-state index in [9.17, 15) is 8.42 Å². The minimum atomic E-state index is -3.39. The average Bonchev–Trinajstić information content (AvgIpc) is 3.30. The second-order valence-electron chi connectivity index (χ2n) is 6.22. The summed E-state index contributed by atoms with van der Waals surface area (Å²) in [6.45, 7) is 4.31. The van der Waals surface area contributed by atoms with Gasteiger partial charge in [-0.15, -0.1) is 11.3 Å². The molecule has 7 heteroatoms. The van der Waals surface area contributed by atoms with Gasteiger partial charge >= 0.3 is 0 Å². The summed E-state index contributed by atoms with van der Waals surface area (Å²) in [5.74, 6) is 1.16. The lowest BCUT2D eigenvalue weighted by molar-refractivity contribution is 0.415. The van der Waals surface area contributed by atoms with Crippen molar-refractivity contribution in [1.29, 1.82) is 0 Å². The summed E-state index contributed by atoms with van der Waals surface area (Å²) >= 11 is 1.35. The third-order valence-electron chi connectivity index (χ3n) is 4.54. The van der Waals surface area contributed by atoms with Crippen molar-refractivity contribution in [3.63, 3.8) is 0 Å². The lowest BCUT2D eigenvalue weighted by Crippen LogP contribution is -2.30. The largest absolute Gasteiger partial charge is 0.497 e. The molecule has 2 heterocycles. The van der Waals surface area contributed by atoms with Crippen LogP contribution in [0.1, 0.15) is 18.2 Å². The van der Waals surface area contributed by atoms with E-state index < -0.39 is 10.0 Å². The van der Waals surface area contributed by atoms with Crippen molar-refractivity contribution in [2.45, 2.75) is 24.0 Å². The summed E-state index contributed by atoms with van der Waals surface area (Å²) in [5, 5.41) is 0. The number of nitrogens with zero attached hydrogens (tertiary/aromatic N) is 1. The molecule has 1 fully saturated rings. The highest BCUT2D eigenvalue weighted by atomic mass is 32.2. The minimum Gasteiger partial charge on any atom is -0.497 e. The number of rotatable bonds is 7. The van der Waals surface area contributed by atoms with Crippen LogP contribution in [0.2, 0.25) is 0 Å². The summed E-state index contributed by atoms with van der Waals surface area (Å²) in [5.41, 5.74) is 1.15. The van der Waals surface area contributed by atoms with Gasteiger partial charge in [-0.25, -0.2) is 13.1 Å². The molecule has 5 nitrogen and oxygen atoms in total. The fourth-order valence-corrected chi connectivity index (χ4v) is 5.47. The maximum atomic E-state index is 12.4. The number of anilines is 1. The number of thiophene rings is 1. The zero-order chi connectivity index (χ0) is 17.9. The van der Waals surface area contributed by atoms with Gasteiger partial charge in [0.15, 0.2) is 0 Å². The van der Waals surface area contributed by atoms with Crippen molar-refractivity contribution >= 4 is 27.0 Å². The predicted octanol–water partition coefficient (Wildman–Crippen LogP) is 3.12. The third kappa shape index (κ3) is 4.34. The van der Waals surface area contributed by atoms with Gasteiger partial charge in [0.25, 0.3) is 0 Å². The van der Waals surface area contributed by atoms with Crippen LogP contribution in [0, 0.1) is 5.92 Å². The molecule has 1 aromatic heterocycles. The molecule has 1 aliphatic rings. The fourth-order valence-electron chi connectivity index (χ4n) is 3.02. The lowest BCUT2D eigenvalue weighted by atomic mass is 10.1. The van der Waals surface area contributed by atoms with Gasteiger partial charge < -0.3 is 9.64 Å². The van der Waals surface area contributed by atoms with Crippen LogP contribution in [0.4, 0.5) is 5.69 Å². The molecular formula is C18H24N2O3S2. The molecule has 1 aromatic carbocycles. The number of sulfonamides is 1. The molecular weight excluding hydrogens is 356 g/mol. The van der Waals surface area contributed by atoms with Crippen LogP contribution in [-0.4, -0.2) is 35.2 Å². The van der Waals surface area contributed by atoms with Crippen molar-refractivity contribution in [3.05, 3.63) is 41.3 Å². The zero-order valence-electron chi connectivity index (χ0n) is 14.6. The number of aryl methyl sites for hydroxylation is 1. The first-order valence-corrected chi connectivity index (χ1v) is 10.8. The molecule has 1 N–H and O–H groups in total. The van der Waals surface area contributed by atoms with E-state index in [1.807, 2.05) is 37.3 Å². The molecule has 0 bridgehead atoms. The molecule has 0 radical (unpaired) electrons. The van der Waals surface area contributed by atoms with Crippen LogP contribution < -0.4 is 14.4 Å². The third-order valence-corrected chi connectivity index (χ3v) is 7.68. The molecule has 0 saturated carbocycles. The van der Waals surface area contributed by atoms with E-state index in [0.717, 1.165) is 42.2 Å². The monoisotopic (exact) mass is 380 g/mol. The summed E-state index contributed by atoms with van der Waals surface area (Å²) in [6, 6.07) is 11.6. The number of hydrogen-bond acceptors (Lipinski definition) is 5. The highest BCUT2D eigenvalue weighted by Gasteiger charge is 2.25. The molecule has 1 atom stereocenters. The van der Waals surface area contributed by atoms with Gasteiger partial charge in [0.1, 0.15) is 9.96 Å². The van der Waals surface area contributed by atoms with Crippen LogP contribution >= 0.6 is 11.3 Å². The van der Waals surface area contributed by atoms with E-state index in [4.69, 9.17) is 4.74 Å². The highest BCUT2D eigenvalue weighted by molar-refractivity contribution is 7.91. The molecule has 1 saturated heterocycles. The zero-order valence-corrected chi connectivity index (χ0v) is 16.2. The molecule has 136 valence electrons. The van der Waals surface area contributed by atoms with Gasteiger partial charge in [-0.05, 0) is 55.2 Å². The van der Waals surface area contributed by atoms with Crippen LogP contribution in [-0.2, 0) is 16.4 Å². The number of benzene rings is 1. The van der Waals surface area contributed by atoms with E-state index in [1.165, 1.54) is 11.3 Å². The SMILES string of the molecule is CCc1ccc(S(=O)(=O)NCC2CCN(c3ccc(OC)cc3)C2)s1. The summed E-state index contributed by atoms with van der Waals surface area (Å²) in [6.07, 6.45) is 1.85. The van der Waals surface area contributed by atoms with Crippen molar-refractivity contribution < 1.29 is 13.2 Å². The first kappa shape index (κ1) is 18.2. The van der Waals surface area contributed by atoms with E-state index >= 15 is 0 Å². The summed E-state index contributed by atoms with van der Waals surface area (Å²) < 4.78 is 33.2. The Morgan fingerprint density at radius 3 is 2.64 bits per heavy atom. The fraction of sp³-hybridized carbons (Fsp3) is 0.444. The van der Waals surface area contributed by atoms with E-state index in [-0.39, 0.29) is 0 Å². The average molecular weight is 381 g/mol. The molecule has 1 aliphatic heterocycles. The minimum absolute atomic E-state index is 0.322. The maximum absolute atomic E-state index is 12.4. The topological polar surface area (TPSA) is 58.6 Å². The Morgan fingerprint density at radius 1 is 1.24 bits per heavy atom. The molecule has 3 rings (SSSR count). The first-order valence-electron chi connectivity index (χ1n) is 8.49. The summed E-state index contributed by atoms with van der Waals surface area (Å²) in [7, 11) is -1.74. The normalized spacial score (nSPS) is 17.8.